The molecule has 0 aromatic heterocycles. The van der Waals surface area contributed by atoms with E-state index < -0.39 is 17.8 Å². The van der Waals surface area contributed by atoms with Crippen molar-refractivity contribution in [1.82, 2.24) is 5.32 Å². The summed E-state index contributed by atoms with van der Waals surface area (Å²) in [5.74, 6) is -1.39. The van der Waals surface area contributed by atoms with Crippen molar-refractivity contribution < 1.29 is 19.0 Å². The van der Waals surface area contributed by atoms with E-state index in [1.807, 2.05) is 0 Å². The van der Waals surface area contributed by atoms with E-state index in [2.05, 4.69) is 5.32 Å². The second-order valence-corrected chi connectivity index (χ2v) is 4.98. The summed E-state index contributed by atoms with van der Waals surface area (Å²) in [6, 6.07) is 11.0. The molecule has 1 atom stereocenters. The van der Waals surface area contributed by atoms with E-state index in [0.29, 0.717) is 10.6 Å². The molecule has 2 aromatic rings. The van der Waals surface area contributed by atoms with Crippen LogP contribution in [0.1, 0.15) is 22.0 Å². The Labute approximate surface area is 132 Å². The van der Waals surface area contributed by atoms with Crippen LogP contribution in [-0.2, 0) is 0 Å². The molecule has 1 unspecified atom stereocenters. The van der Waals surface area contributed by atoms with Gasteiger partial charge in [0.15, 0.2) is 11.6 Å². The fourth-order valence-corrected chi connectivity index (χ4v) is 2.25. The minimum atomic E-state index is -0.980. The molecule has 116 valence electrons. The Morgan fingerprint density at radius 3 is 2.73 bits per heavy atom. The molecule has 0 heterocycles. The van der Waals surface area contributed by atoms with Crippen molar-refractivity contribution >= 4 is 17.5 Å². The average molecular weight is 324 g/mol. The standard InChI is InChI=1S/C16H15ClFNO3/c1-22-14-8-4-6-11(15(14)18)16(21)19-9-13(20)10-5-2-3-7-12(10)17/h2-8,13,20H,9H2,1H3,(H,19,21). The van der Waals surface area contributed by atoms with Crippen LogP contribution in [0.3, 0.4) is 0 Å². The van der Waals surface area contributed by atoms with Gasteiger partial charge in [0.2, 0.25) is 0 Å². The number of hydrogen-bond acceptors (Lipinski definition) is 3. The van der Waals surface area contributed by atoms with Gasteiger partial charge < -0.3 is 15.2 Å². The topological polar surface area (TPSA) is 58.6 Å². The summed E-state index contributed by atoms with van der Waals surface area (Å²) in [6.07, 6.45) is -0.980. The fraction of sp³-hybridized carbons (Fsp3) is 0.188. The van der Waals surface area contributed by atoms with Crippen LogP contribution in [0, 0.1) is 5.82 Å². The van der Waals surface area contributed by atoms with Gasteiger partial charge in [0.05, 0.1) is 18.8 Å². The molecule has 0 bridgehead atoms. The molecule has 6 heteroatoms. The van der Waals surface area contributed by atoms with Crippen LogP contribution in [0.5, 0.6) is 5.75 Å². The van der Waals surface area contributed by atoms with Crippen LogP contribution in [0.15, 0.2) is 42.5 Å². The first-order valence-electron chi connectivity index (χ1n) is 6.57. The monoisotopic (exact) mass is 323 g/mol. The third-order valence-electron chi connectivity index (χ3n) is 3.15. The minimum Gasteiger partial charge on any atom is -0.494 e. The summed E-state index contributed by atoms with van der Waals surface area (Å²) < 4.78 is 18.8. The SMILES string of the molecule is COc1cccc(C(=O)NCC(O)c2ccccc2Cl)c1F. The lowest BCUT2D eigenvalue weighted by Crippen LogP contribution is -2.29. The van der Waals surface area contributed by atoms with Gasteiger partial charge in [-0.15, -0.1) is 0 Å². The average Bonchev–Trinajstić information content (AvgIpc) is 2.53. The van der Waals surface area contributed by atoms with E-state index in [-0.39, 0.29) is 17.9 Å². The van der Waals surface area contributed by atoms with Crippen LogP contribution in [0.4, 0.5) is 4.39 Å². The Hall–Kier alpha value is -2.11. The van der Waals surface area contributed by atoms with Crippen molar-refractivity contribution in [2.24, 2.45) is 0 Å². The van der Waals surface area contributed by atoms with Gasteiger partial charge in [-0.3, -0.25) is 4.79 Å². The molecular weight excluding hydrogens is 309 g/mol. The number of benzene rings is 2. The Morgan fingerprint density at radius 1 is 1.32 bits per heavy atom. The van der Waals surface area contributed by atoms with E-state index in [1.165, 1.54) is 25.3 Å². The molecule has 22 heavy (non-hydrogen) atoms. The number of carbonyl (C=O) groups is 1. The number of ether oxygens (including phenoxy) is 1. The lowest BCUT2D eigenvalue weighted by molar-refractivity contribution is 0.0911. The number of halogens is 2. The van der Waals surface area contributed by atoms with Gasteiger partial charge >= 0.3 is 0 Å². The highest BCUT2D eigenvalue weighted by Crippen LogP contribution is 2.23. The van der Waals surface area contributed by atoms with E-state index in [0.717, 1.165) is 0 Å². The number of rotatable bonds is 5. The number of amides is 1. The van der Waals surface area contributed by atoms with Crippen LogP contribution in [0.2, 0.25) is 5.02 Å². The molecule has 2 N–H and O–H groups in total. The third kappa shape index (κ3) is 3.55. The zero-order valence-electron chi connectivity index (χ0n) is 11.8. The van der Waals surface area contributed by atoms with Crippen LogP contribution < -0.4 is 10.1 Å². The molecule has 2 aromatic carbocycles. The molecule has 0 spiro atoms. The summed E-state index contributed by atoms with van der Waals surface area (Å²) in [4.78, 5) is 12.0. The van der Waals surface area contributed by atoms with Crippen molar-refractivity contribution in [2.75, 3.05) is 13.7 Å². The van der Waals surface area contributed by atoms with Gasteiger partial charge in [-0.05, 0) is 18.2 Å². The Bertz CT molecular complexity index is 678. The normalized spacial score (nSPS) is 11.8. The molecular formula is C16H15ClFNO3. The number of carbonyl (C=O) groups excluding carboxylic acids is 1. The number of aliphatic hydroxyl groups excluding tert-OH is 1. The van der Waals surface area contributed by atoms with Gasteiger partial charge in [0, 0.05) is 17.1 Å². The number of hydrogen-bond donors (Lipinski definition) is 2. The van der Waals surface area contributed by atoms with E-state index in [1.54, 1.807) is 24.3 Å². The van der Waals surface area contributed by atoms with Gasteiger partial charge in [-0.25, -0.2) is 4.39 Å². The summed E-state index contributed by atoms with van der Waals surface area (Å²) in [7, 11) is 1.32. The van der Waals surface area contributed by atoms with E-state index in [9.17, 15) is 14.3 Å². The first-order chi connectivity index (χ1) is 10.5. The summed E-state index contributed by atoms with van der Waals surface area (Å²) in [5.41, 5.74) is 0.348. The smallest absolute Gasteiger partial charge is 0.254 e. The third-order valence-corrected chi connectivity index (χ3v) is 3.49. The largest absolute Gasteiger partial charge is 0.494 e. The Balaban J connectivity index is 2.06. The highest BCUT2D eigenvalue weighted by atomic mass is 35.5. The van der Waals surface area contributed by atoms with Crippen LogP contribution in [0.25, 0.3) is 0 Å². The number of methoxy groups -OCH3 is 1. The molecule has 0 fully saturated rings. The first kappa shape index (κ1) is 16.3. The zero-order valence-corrected chi connectivity index (χ0v) is 12.6. The molecule has 4 nitrogen and oxygen atoms in total. The van der Waals surface area contributed by atoms with Gasteiger partial charge in [-0.2, -0.15) is 0 Å². The maximum absolute atomic E-state index is 14.0. The molecule has 0 radical (unpaired) electrons. The summed E-state index contributed by atoms with van der Waals surface area (Å²) in [5, 5.41) is 12.9. The summed E-state index contributed by atoms with van der Waals surface area (Å²) in [6.45, 7) is -0.0841. The maximum Gasteiger partial charge on any atom is 0.254 e. The van der Waals surface area contributed by atoms with E-state index >= 15 is 0 Å². The second kappa shape index (κ2) is 7.24. The van der Waals surface area contributed by atoms with E-state index in [4.69, 9.17) is 16.3 Å². The minimum absolute atomic E-state index is 0.0145. The number of aliphatic hydroxyl groups is 1. The van der Waals surface area contributed by atoms with Crippen molar-refractivity contribution in [3.05, 3.63) is 64.4 Å². The highest BCUT2D eigenvalue weighted by molar-refractivity contribution is 6.31. The Morgan fingerprint density at radius 2 is 2.05 bits per heavy atom. The molecule has 0 aliphatic carbocycles. The van der Waals surface area contributed by atoms with Crippen molar-refractivity contribution in [2.45, 2.75) is 6.10 Å². The molecule has 2 rings (SSSR count). The van der Waals surface area contributed by atoms with Crippen molar-refractivity contribution in [1.29, 1.82) is 0 Å². The van der Waals surface area contributed by atoms with Gasteiger partial charge in [0.25, 0.3) is 5.91 Å². The predicted octanol–water partition coefficient (Wildman–Crippen LogP) is 2.95. The molecule has 0 saturated carbocycles. The Kier molecular flexibility index (Phi) is 5.35. The molecule has 0 aliphatic rings. The number of nitrogens with one attached hydrogen (secondary N) is 1. The fourth-order valence-electron chi connectivity index (χ4n) is 1.98. The van der Waals surface area contributed by atoms with Gasteiger partial charge in [-0.1, -0.05) is 35.9 Å². The maximum atomic E-state index is 14.0. The molecule has 0 aliphatic heterocycles. The first-order valence-corrected chi connectivity index (χ1v) is 6.95. The zero-order chi connectivity index (χ0) is 16.1. The lowest BCUT2D eigenvalue weighted by Gasteiger charge is -2.14. The van der Waals surface area contributed by atoms with Crippen LogP contribution >= 0.6 is 11.6 Å². The highest BCUT2D eigenvalue weighted by Gasteiger charge is 2.17. The lowest BCUT2D eigenvalue weighted by atomic mass is 10.1. The van der Waals surface area contributed by atoms with Crippen molar-refractivity contribution in [3.8, 4) is 5.75 Å². The quantitative estimate of drug-likeness (QED) is 0.889. The molecule has 0 saturated heterocycles. The van der Waals surface area contributed by atoms with Gasteiger partial charge in [0.1, 0.15) is 0 Å². The van der Waals surface area contributed by atoms with Crippen LogP contribution in [-0.4, -0.2) is 24.7 Å². The second-order valence-electron chi connectivity index (χ2n) is 4.57. The summed E-state index contributed by atoms with van der Waals surface area (Å²) >= 11 is 5.97. The van der Waals surface area contributed by atoms with Crippen molar-refractivity contribution in [3.63, 3.8) is 0 Å². The molecule has 1 amide bonds. The predicted molar refractivity (Wildman–Crippen MR) is 81.7 cm³/mol.